The van der Waals surface area contributed by atoms with Gasteiger partial charge in [0.25, 0.3) is 0 Å². The molecule has 0 spiro atoms. The van der Waals surface area contributed by atoms with E-state index in [1.54, 1.807) is 24.3 Å². The summed E-state index contributed by atoms with van der Waals surface area (Å²) in [7, 11) is 0. The van der Waals surface area contributed by atoms with Crippen molar-refractivity contribution in [2.75, 3.05) is 0 Å². The highest BCUT2D eigenvalue weighted by molar-refractivity contribution is 7.16. The van der Waals surface area contributed by atoms with E-state index < -0.39 is 0 Å². The molecule has 0 saturated heterocycles. The number of ether oxygens (including phenoxy) is 1. The molecular formula is C12H10Cl2N2O2S. The zero-order chi connectivity index (χ0) is 13.8. The van der Waals surface area contributed by atoms with Gasteiger partial charge in [-0.05, 0) is 24.3 Å². The van der Waals surface area contributed by atoms with Crippen LogP contribution in [-0.2, 0) is 6.61 Å². The number of rotatable bonds is 4. The van der Waals surface area contributed by atoms with Crippen molar-refractivity contribution in [1.82, 2.24) is 0 Å². The molecule has 2 rings (SSSR count). The summed E-state index contributed by atoms with van der Waals surface area (Å²) in [5, 5.41) is 12.1. The standard InChI is InChI=1S/C12H10Cl2N2O2S/c13-8-2-1-3-9(11(8)12(15)16-17)18-6-7-4-5-10(14)19-7/h1-5,17H,6H2,(H2,15,16). The SMILES string of the molecule is N/C(=N/O)c1c(Cl)cccc1OCc1ccc(Cl)s1. The smallest absolute Gasteiger partial charge is 0.175 e. The summed E-state index contributed by atoms with van der Waals surface area (Å²) in [5.41, 5.74) is 5.96. The Bertz CT molecular complexity index is 614. The second-order valence-electron chi connectivity index (χ2n) is 3.59. The van der Waals surface area contributed by atoms with Gasteiger partial charge in [-0.25, -0.2) is 0 Å². The van der Waals surface area contributed by atoms with E-state index in [0.717, 1.165) is 4.88 Å². The summed E-state index contributed by atoms with van der Waals surface area (Å²) in [6, 6.07) is 8.75. The number of halogens is 2. The van der Waals surface area contributed by atoms with Gasteiger partial charge in [0.2, 0.25) is 0 Å². The van der Waals surface area contributed by atoms with E-state index >= 15 is 0 Å². The van der Waals surface area contributed by atoms with E-state index in [1.165, 1.54) is 11.3 Å². The lowest BCUT2D eigenvalue weighted by Crippen LogP contribution is -2.15. The number of oxime groups is 1. The zero-order valence-corrected chi connectivity index (χ0v) is 12.0. The summed E-state index contributed by atoms with van der Waals surface area (Å²) in [6.07, 6.45) is 0. The fraction of sp³-hybridized carbons (Fsp3) is 0.0833. The average molecular weight is 317 g/mol. The van der Waals surface area contributed by atoms with Crippen LogP contribution >= 0.6 is 34.5 Å². The van der Waals surface area contributed by atoms with Crippen molar-refractivity contribution in [3.63, 3.8) is 0 Å². The second kappa shape index (κ2) is 6.14. The number of nitrogens with zero attached hydrogens (tertiary/aromatic N) is 1. The third-order valence-electron chi connectivity index (χ3n) is 2.34. The predicted octanol–water partition coefficient (Wildman–Crippen LogP) is 3.73. The number of amidine groups is 1. The number of hydrogen-bond acceptors (Lipinski definition) is 4. The quantitative estimate of drug-likeness (QED) is 0.391. The summed E-state index contributed by atoms with van der Waals surface area (Å²) in [6.45, 7) is 0.337. The highest BCUT2D eigenvalue weighted by Gasteiger charge is 2.13. The van der Waals surface area contributed by atoms with Gasteiger partial charge in [-0.2, -0.15) is 0 Å². The van der Waals surface area contributed by atoms with Gasteiger partial charge < -0.3 is 15.7 Å². The molecule has 2 aromatic rings. The van der Waals surface area contributed by atoms with Gasteiger partial charge in [0, 0.05) is 4.88 Å². The minimum Gasteiger partial charge on any atom is -0.487 e. The number of benzene rings is 1. The highest BCUT2D eigenvalue weighted by Crippen LogP contribution is 2.28. The van der Waals surface area contributed by atoms with E-state index in [0.29, 0.717) is 27.3 Å². The molecule has 1 heterocycles. The molecule has 0 unspecified atom stereocenters. The molecule has 1 aromatic heterocycles. The first-order valence-corrected chi connectivity index (χ1v) is 6.82. The van der Waals surface area contributed by atoms with Crippen LogP contribution in [0.4, 0.5) is 0 Å². The molecule has 0 bridgehead atoms. The Morgan fingerprint density at radius 1 is 1.32 bits per heavy atom. The van der Waals surface area contributed by atoms with Crippen LogP contribution in [-0.4, -0.2) is 11.0 Å². The lowest BCUT2D eigenvalue weighted by atomic mass is 10.2. The van der Waals surface area contributed by atoms with Crippen molar-refractivity contribution in [3.05, 3.63) is 50.1 Å². The molecule has 3 N–H and O–H groups in total. The van der Waals surface area contributed by atoms with Crippen molar-refractivity contribution < 1.29 is 9.94 Å². The molecule has 0 aliphatic rings. The lowest BCUT2D eigenvalue weighted by Gasteiger charge is -2.11. The summed E-state index contributed by atoms with van der Waals surface area (Å²) < 4.78 is 6.33. The maximum Gasteiger partial charge on any atom is 0.175 e. The predicted molar refractivity (Wildman–Crippen MR) is 77.6 cm³/mol. The molecule has 0 radical (unpaired) electrons. The Kier molecular flexibility index (Phi) is 4.52. The van der Waals surface area contributed by atoms with Crippen LogP contribution in [0.15, 0.2) is 35.5 Å². The minimum atomic E-state index is -0.0928. The van der Waals surface area contributed by atoms with Crippen LogP contribution < -0.4 is 10.5 Å². The number of hydrogen-bond donors (Lipinski definition) is 2. The Labute approximate surface area is 124 Å². The van der Waals surface area contributed by atoms with E-state index in [2.05, 4.69) is 5.16 Å². The Hall–Kier alpha value is -1.43. The largest absolute Gasteiger partial charge is 0.487 e. The third-order valence-corrected chi connectivity index (χ3v) is 3.86. The Balaban J connectivity index is 2.23. The van der Waals surface area contributed by atoms with Crippen LogP contribution in [0.3, 0.4) is 0 Å². The van der Waals surface area contributed by atoms with E-state index in [9.17, 15) is 0 Å². The first-order chi connectivity index (χ1) is 9.11. The molecule has 0 aliphatic heterocycles. The molecule has 100 valence electrons. The molecule has 0 fully saturated rings. The van der Waals surface area contributed by atoms with Crippen LogP contribution in [0.1, 0.15) is 10.4 Å². The van der Waals surface area contributed by atoms with Gasteiger partial charge in [0.1, 0.15) is 12.4 Å². The van der Waals surface area contributed by atoms with Crippen molar-refractivity contribution >= 4 is 40.4 Å². The number of nitrogens with two attached hydrogens (primary N) is 1. The fourth-order valence-corrected chi connectivity index (χ4v) is 2.76. The van der Waals surface area contributed by atoms with Gasteiger partial charge in [0.05, 0.1) is 14.9 Å². The Morgan fingerprint density at radius 3 is 2.74 bits per heavy atom. The van der Waals surface area contributed by atoms with E-state index in [4.69, 9.17) is 38.9 Å². The summed E-state index contributed by atoms with van der Waals surface area (Å²) in [4.78, 5) is 0.968. The molecule has 0 atom stereocenters. The van der Waals surface area contributed by atoms with Crippen molar-refractivity contribution in [3.8, 4) is 5.75 Å². The molecule has 0 aliphatic carbocycles. The van der Waals surface area contributed by atoms with Gasteiger partial charge >= 0.3 is 0 Å². The lowest BCUT2D eigenvalue weighted by molar-refractivity contribution is 0.306. The maximum absolute atomic E-state index is 8.76. The van der Waals surface area contributed by atoms with Crippen molar-refractivity contribution in [2.24, 2.45) is 10.9 Å². The van der Waals surface area contributed by atoms with Crippen LogP contribution in [0.25, 0.3) is 0 Å². The zero-order valence-electron chi connectivity index (χ0n) is 9.64. The third kappa shape index (κ3) is 3.32. The average Bonchev–Trinajstić information content (AvgIpc) is 2.81. The molecule has 4 nitrogen and oxygen atoms in total. The van der Waals surface area contributed by atoms with E-state index in [1.807, 2.05) is 6.07 Å². The summed E-state index contributed by atoms with van der Waals surface area (Å²) in [5.74, 6) is 0.358. The topological polar surface area (TPSA) is 67.8 Å². The van der Waals surface area contributed by atoms with Crippen LogP contribution in [0, 0.1) is 0 Å². The van der Waals surface area contributed by atoms with Crippen molar-refractivity contribution in [2.45, 2.75) is 6.61 Å². The molecule has 19 heavy (non-hydrogen) atoms. The summed E-state index contributed by atoms with van der Waals surface area (Å²) >= 11 is 13.3. The molecular weight excluding hydrogens is 307 g/mol. The Morgan fingerprint density at radius 2 is 2.11 bits per heavy atom. The molecule has 7 heteroatoms. The van der Waals surface area contributed by atoms with Crippen LogP contribution in [0.5, 0.6) is 5.75 Å². The van der Waals surface area contributed by atoms with Crippen LogP contribution in [0.2, 0.25) is 9.36 Å². The normalized spacial score (nSPS) is 11.6. The van der Waals surface area contributed by atoms with Gasteiger partial charge in [0.15, 0.2) is 5.84 Å². The highest BCUT2D eigenvalue weighted by atomic mass is 35.5. The monoisotopic (exact) mass is 316 g/mol. The second-order valence-corrected chi connectivity index (χ2v) is 5.80. The first-order valence-electron chi connectivity index (χ1n) is 5.25. The van der Waals surface area contributed by atoms with Crippen molar-refractivity contribution in [1.29, 1.82) is 0 Å². The van der Waals surface area contributed by atoms with E-state index in [-0.39, 0.29) is 5.84 Å². The molecule has 0 amide bonds. The molecule has 1 aromatic carbocycles. The molecule has 0 saturated carbocycles. The van der Waals surface area contributed by atoms with Gasteiger partial charge in [-0.3, -0.25) is 0 Å². The van der Waals surface area contributed by atoms with Gasteiger partial charge in [-0.15, -0.1) is 11.3 Å². The maximum atomic E-state index is 8.76. The minimum absolute atomic E-state index is 0.0928. The van der Waals surface area contributed by atoms with Gasteiger partial charge in [-0.1, -0.05) is 34.4 Å². The number of thiophene rings is 1. The first kappa shape index (κ1) is 14.0. The fourth-order valence-electron chi connectivity index (χ4n) is 1.50.